The number of carbonyl (C=O) groups is 2. The molecule has 1 aromatic rings. The number of carbonyl (C=O) groups excluding carboxylic acids is 2. The molecule has 23 heavy (non-hydrogen) atoms. The van der Waals surface area contributed by atoms with E-state index in [4.69, 9.17) is 0 Å². The Kier molecular flexibility index (Phi) is 3.89. The van der Waals surface area contributed by atoms with E-state index < -0.39 is 16.1 Å². The van der Waals surface area contributed by atoms with Crippen LogP contribution in [0.4, 0.5) is 4.79 Å². The fraction of sp³-hybridized carbons (Fsp3) is 0.467. The minimum Gasteiger partial charge on any atom is -0.310 e. The van der Waals surface area contributed by atoms with Crippen LogP contribution in [-0.2, 0) is 14.8 Å². The van der Waals surface area contributed by atoms with E-state index in [1.54, 1.807) is 6.92 Å². The van der Waals surface area contributed by atoms with Gasteiger partial charge in [0.05, 0.1) is 12.3 Å². The summed E-state index contributed by atoms with van der Waals surface area (Å²) >= 11 is 0. The standard InChI is InChI=1S/C15H19N3O4S/c1-11(12-6-4-3-5-7-12)18-14(19)13-10-16(23(2,21)22)8-9-17(13)15(18)20/h3-7,11,13H,8-10H2,1-2H3/t11-,13+/m1/s1. The number of rotatable bonds is 3. The predicted molar refractivity (Wildman–Crippen MR) is 84.0 cm³/mol. The summed E-state index contributed by atoms with van der Waals surface area (Å²) in [5.41, 5.74) is 0.869. The normalized spacial score (nSPS) is 24.0. The Morgan fingerprint density at radius 1 is 1.13 bits per heavy atom. The van der Waals surface area contributed by atoms with E-state index in [1.165, 1.54) is 14.1 Å². The average Bonchev–Trinajstić information content (AvgIpc) is 2.78. The smallest absolute Gasteiger partial charge is 0.310 e. The summed E-state index contributed by atoms with van der Waals surface area (Å²) in [5.74, 6) is -0.334. The van der Waals surface area contributed by atoms with Crippen LogP contribution in [-0.4, -0.2) is 66.4 Å². The third-order valence-electron chi connectivity index (χ3n) is 4.46. The second-order valence-electron chi connectivity index (χ2n) is 5.91. The molecular formula is C15H19N3O4S. The van der Waals surface area contributed by atoms with Crippen molar-refractivity contribution in [3.05, 3.63) is 35.9 Å². The maximum atomic E-state index is 12.7. The van der Waals surface area contributed by atoms with Crippen molar-refractivity contribution in [2.24, 2.45) is 0 Å². The first-order valence-electron chi connectivity index (χ1n) is 7.44. The average molecular weight is 337 g/mol. The highest BCUT2D eigenvalue weighted by molar-refractivity contribution is 7.88. The molecule has 0 aromatic heterocycles. The lowest BCUT2D eigenvalue weighted by molar-refractivity contribution is -0.130. The topological polar surface area (TPSA) is 78.0 Å². The Morgan fingerprint density at radius 3 is 2.39 bits per heavy atom. The van der Waals surface area contributed by atoms with Crippen LogP contribution < -0.4 is 0 Å². The molecule has 0 aliphatic carbocycles. The molecule has 1 aromatic carbocycles. The van der Waals surface area contributed by atoms with Gasteiger partial charge < -0.3 is 4.90 Å². The van der Waals surface area contributed by atoms with E-state index in [0.717, 1.165) is 11.8 Å². The van der Waals surface area contributed by atoms with Gasteiger partial charge in [-0.3, -0.25) is 9.69 Å². The molecule has 3 amide bonds. The van der Waals surface area contributed by atoms with Gasteiger partial charge in [0, 0.05) is 19.6 Å². The van der Waals surface area contributed by atoms with Crippen LogP contribution >= 0.6 is 0 Å². The van der Waals surface area contributed by atoms with Crippen molar-refractivity contribution in [3.8, 4) is 0 Å². The molecule has 2 saturated heterocycles. The van der Waals surface area contributed by atoms with E-state index in [2.05, 4.69) is 0 Å². The highest BCUT2D eigenvalue weighted by atomic mass is 32.2. The van der Waals surface area contributed by atoms with Crippen LogP contribution in [0.1, 0.15) is 18.5 Å². The molecule has 0 bridgehead atoms. The molecule has 2 heterocycles. The minimum atomic E-state index is -3.37. The number of piperazine rings is 1. The summed E-state index contributed by atoms with van der Waals surface area (Å²) in [7, 11) is -3.37. The van der Waals surface area contributed by atoms with E-state index in [1.807, 2.05) is 30.3 Å². The number of nitrogens with zero attached hydrogens (tertiary/aromatic N) is 3. The molecule has 0 unspecified atom stereocenters. The van der Waals surface area contributed by atoms with E-state index in [9.17, 15) is 18.0 Å². The Morgan fingerprint density at radius 2 is 1.78 bits per heavy atom. The Balaban J connectivity index is 1.86. The molecule has 7 nitrogen and oxygen atoms in total. The third kappa shape index (κ3) is 2.72. The van der Waals surface area contributed by atoms with Crippen molar-refractivity contribution in [3.63, 3.8) is 0 Å². The van der Waals surface area contributed by atoms with Crippen molar-refractivity contribution >= 4 is 22.0 Å². The van der Waals surface area contributed by atoms with Gasteiger partial charge in [-0.15, -0.1) is 0 Å². The molecule has 2 fully saturated rings. The van der Waals surface area contributed by atoms with Crippen LogP contribution in [0.2, 0.25) is 0 Å². The summed E-state index contributed by atoms with van der Waals surface area (Å²) in [4.78, 5) is 28.0. The zero-order valence-corrected chi connectivity index (χ0v) is 13.9. The number of fused-ring (bicyclic) bond motifs is 1. The van der Waals surface area contributed by atoms with Crippen molar-refractivity contribution in [2.45, 2.75) is 19.0 Å². The molecule has 0 radical (unpaired) electrons. The first-order chi connectivity index (χ1) is 10.8. The lowest BCUT2D eigenvalue weighted by Crippen LogP contribution is -2.54. The van der Waals surface area contributed by atoms with Crippen molar-refractivity contribution in [1.82, 2.24) is 14.1 Å². The maximum Gasteiger partial charge on any atom is 0.328 e. The Hall–Kier alpha value is -1.93. The fourth-order valence-corrected chi connectivity index (χ4v) is 3.96. The maximum absolute atomic E-state index is 12.7. The molecule has 0 N–H and O–H groups in total. The molecule has 2 atom stereocenters. The van der Waals surface area contributed by atoms with Gasteiger partial charge in [0.1, 0.15) is 6.04 Å². The summed E-state index contributed by atoms with van der Waals surface area (Å²) in [5, 5.41) is 0. The lowest BCUT2D eigenvalue weighted by Gasteiger charge is -2.33. The monoisotopic (exact) mass is 337 g/mol. The van der Waals surface area contributed by atoms with Gasteiger partial charge in [-0.2, -0.15) is 4.31 Å². The largest absolute Gasteiger partial charge is 0.328 e. The molecule has 3 rings (SSSR count). The number of benzene rings is 1. The van der Waals surface area contributed by atoms with Crippen molar-refractivity contribution < 1.29 is 18.0 Å². The molecule has 2 aliphatic heterocycles. The predicted octanol–water partition coefficient (Wildman–Crippen LogP) is 0.656. The van der Waals surface area contributed by atoms with Crippen LogP contribution in [0.5, 0.6) is 0 Å². The molecule has 2 aliphatic rings. The Labute approximate surface area is 135 Å². The second-order valence-corrected chi connectivity index (χ2v) is 7.89. The molecule has 0 saturated carbocycles. The van der Waals surface area contributed by atoms with Gasteiger partial charge in [-0.05, 0) is 12.5 Å². The lowest BCUT2D eigenvalue weighted by atomic mass is 10.1. The summed E-state index contributed by atoms with van der Waals surface area (Å²) in [6.07, 6.45) is 1.12. The highest BCUT2D eigenvalue weighted by Crippen LogP contribution is 2.30. The minimum absolute atomic E-state index is 0.0292. The van der Waals surface area contributed by atoms with Gasteiger partial charge in [-0.1, -0.05) is 30.3 Å². The Bertz CT molecular complexity index is 734. The van der Waals surface area contributed by atoms with Gasteiger partial charge in [-0.25, -0.2) is 13.2 Å². The zero-order valence-electron chi connectivity index (χ0n) is 13.0. The highest BCUT2D eigenvalue weighted by Gasteiger charge is 2.50. The SMILES string of the molecule is C[C@H](c1ccccc1)N1C(=O)[C@@H]2CN(S(C)(=O)=O)CCN2C1=O. The number of imide groups is 1. The molecular weight excluding hydrogens is 318 g/mol. The quantitative estimate of drug-likeness (QED) is 0.759. The van der Waals surface area contributed by atoms with Gasteiger partial charge in [0.15, 0.2) is 0 Å². The number of hydrogen-bond donors (Lipinski definition) is 0. The number of amides is 3. The van der Waals surface area contributed by atoms with E-state index in [-0.39, 0.29) is 37.6 Å². The first kappa shape index (κ1) is 15.9. The van der Waals surface area contributed by atoms with Gasteiger partial charge in [0.2, 0.25) is 10.0 Å². The van der Waals surface area contributed by atoms with Crippen LogP contribution in [0, 0.1) is 0 Å². The summed E-state index contributed by atoms with van der Waals surface area (Å²) in [6.45, 7) is 2.29. The van der Waals surface area contributed by atoms with Crippen LogP contribution in [0.25, 0.3) is 0 Å². The van der Waals surface area contributed by atoms with E-state index >= 15 is 0 Å². The summed E-state index contributed by atoms with van der Waals surface area (Å²) < 4.78 is 24.7. The number of hydrogen-bond acceptors (Lipinski definition) is 4. The fourth-order valence-electron chi connectivity index (χ4n) is 3.13. The van der Waals surface area contributed by atoms with Crippen molar-refractivity contribution in [2.75, 3.05) is 25.9 Å². The number of urea groups is 1. The summed E-state index contributed by atoms with van der Waals surface area (Å²) in [6, 6.07) is 7.87. The van der Waals surface area contributed by atoms with Crippen LogP contribution in [0.15, 0.2) is 30.3 Å². The number of sulfonamides is 1. The van der Waals surface area contributed by atoms with Crippen molar-refractivity contribution in [1.29, 1.82) is 0 Å². The van der Waals surface area contributed by atoms with Gasteiger partial charge >= 0.3 is 6.03 Å². The first-order valence-corrected chi connectivity index (χ1v) is 9.29. The van der Waals surface area contributed by atoms with Gasteiger partial charge in [0.25, 0.3) is 5.91 Å². The molecule has 124 valence electrons. The third-order valence-corrected chi connectivity index (χ3v) is 5.73. The molecule has 0 spiro atoms. The van der Waals surface area contributed by atoms with Crippen LogP contribution in [0.3, 0.4) is 0 Å². The van der Waals surface area contributed by atoms with E-state index in [0.29, 0.717) is 0 Å². The second kappa shape index (κ2) is 5.61. The zero-order chi connectivity index (χ0) is 16.8. The molecule has 8 heteroatoms.